The van der Waals surface area contributed by atoms with Gasteiger partial charge in [-0.25, -0.2) is 0 Å². The first-order valence-corrected chi connectivity index (χ1v) is 18.7. The highest BCUT2D eigenvalue weighted by atomic mass is 16.5. The van der Waals surface area contributed by atoms with Gasteiger partial charge in [0.25, 0.3) is 0 Å². The Morgan fingerprint density at radius 2 is 1.36 bits per heavy atom. The number of carbonyl (C=O) groups excluding carboxylic acids is 4. The molecule has 0 saturated carbocycles. The van der Waals surface area contributed by atoms with Crippen molar-refractivity contribution in [1.29, 1.82) is 0 Å². The van der Waals surface area contributed by atoms with Crippen LogP contribution in [0, 0.1) is 11.8 Å². The van der Waals surface area contributed by atoms with Crippen molar-refractivity contribution < 1.29 is 33.8 Å². The van der Waals surface area contributed by atoms with Gasteiger partial charge in [0.05, 0.1) is 12.0 Å². The molecule has 0 radical (unpaired) electrons. The van der Waals surface area contributed by atoms with E-state index in [1.165, 1.54) is 0 Å². The van der Waals surface area contributed by atoms with Crippen molar-refractivity contribution in [3.8, 4) is 16.9 Å². The zero-order chi connectivity index (χ0) is 39.3. The lowest BCUT2D eigenvalue weighted by molar-refractivity contribution is -0.144. The van der Waals surface area contributed by atoms with Crippen molar-refractivity contribution in [3.63, 3.8) is 0 Å². The van der Waals surface area contributed by atoms with Crippen molar-refractivity contribution in [3.05, 3.63) is 150 Å². The number of pyridine rings is 2. The van der Waals surface area contributed by atoms with Gasteiger partial charge in [0.2, 0.25) is 11.8 Å². The molecule has 2 aromatic heterocycles. The Kier molecular flexibility index (Phi) is 13.4. The summed E-state index contributed by atoms with van der Waals surface area (Å²) in [6.07, 6.45) is 7.20. The molecule has 4 heterocycles. The molecule has 2 aliphatic heterocycles. The number of rotatable bonds is 9. The van der Waals surface area contributed by atoms with Crippen LogP contribution in [0.5, 0.6) is 5.75 Å². The van der Waals surface area contributed by atoms with Crippen molar-refractivity contribution >= 4 is 29.4 Å². The predicted molar refractivity (Wildman–Crippen MR) is 209 cm³/mol. The van der Waals surface area contributed by atoms with Crippen LogP contribution < -0.4 is 15.4 Å². The number of nitrogens with zero attached hydrogens (tertiary/aromatic N) is 2. The lowest BCUT2D eigenvalue weighted by Crippen LogP contribution is -2.54. The van der Waals surface area contributed by atoms with Gasteiger partial charge in [-0.3, -0.25) is 33.9 Å². The Morgan fingerprint density at radius 3 is 2.04 bits per heavy atom. The number of ketones is 2. The minimum absolute atomic E-state index is 0.0728. The molecule has 11 nitrogen and oxygen atoms in total. The summed E-state index contributed by atoms with van der Waals surface area (Å²) < 4.78 is 5.77. The summed E-state index contributed by atoms with van der Waals surface area (Å²) in [4.78, 5) is 76.8. The van der Waals surface area contributed by atoms with Gasteiger partial charge in [0.15, 0.2) is 11.6 Å². The highest BCUT2D eigenvalue weighted by Gasteiger charge is 2.32. The number of aliphatic carboxylic acids is 1. The number of carboxylic acid groups (broad SMARTS) is 1. The highest BCUT2D eigenvalue weighted by Crippen LogP contribution is 2.22. The average molecular weight is 753 g/mol. The topological polar surface area (TPSA) is 165 Å². The molecule has 3 N–H and O–H groups in total. The van der Waals surface area contributed by atoms with E-state index < -0.39 is 47.5 Å². The van der Waals surface area contributed by atoms with Crippen molar-refractivity contribution in [2.24, 2.45) is 11.8 Å². The molecule has 4 atom stereocenters. The zero-order valence-electron chi connectivity index (χ0n) is 30.9. The Bertz CT molecular complexity index is 2090. The average Bonchev–Trinajstić information content (AvgIpc) is 3.22. The number of carboxylic acids is 1. The summed E-state index contributed by atoms with van der Waals surface area (Å²) in [6.45, 7) is -0.293. The van der Waals surface area contributed by atoms with Crippen LogP contribution >= 0.6 is 0 Å². The molecule has 5 aromatic rings. The molecular formula is C45H44N4O7. The summed E-state index contributed by atoms with van der Waals surface area (Å²) >= 11 is 0. The summed E-state index contributed by atoms with van der Waals surface area (Å²) in [7, 11) is 0. The second kappa shape index (κ2) is 19.2. The van der Waals surface area contributed by atoms with Crippen LogP contribution in [0.3, 0.4) is 0 Å². The minimum Gasteiger partial charge on any atom is -0.486 e. The van der Waals surface area contributed by atoms with E-state index in [1.807, 2.05) is 72.8 Å². The van der Waals surface area contributed by atoms with Gasteiger partial charge in [0, 0.05) is 50.0 Å². The number of fused-ring (bicyclic) bond motifs is 16. The molecule has 0 fully saturated rings. The largest absolute Gasteiger partial charge is 0.486 e. The van der Waals surface area contributed by atoms with Crippen LogP contribution in [0.1, 0.15) is 41.5 Å². The number of amides is 2. The molecule has 2 amide bonds. The molecular weight excluding hydrogens is 709 g/mol. The van der Waals surface area contributed by atoms with E-state index >= 15 is 0 Å². The molecule has 0 spiro atoms. The fourth-order valence-electron chi connectivity index (χ4n) is 6.84. The van der Waals surface area contributed by atoms with Gasteiger partial charge in [-0.15, -0.1) is 0 Å². The zero-order valence-corrected chi connectivity index (χ0v) is 30.9. The third-order valence-corrected chi connectivity index (χ3v) is 9.94. The van der Waals surface area contributed by atoms with Crippen LogP contribution in [0.25, 0.3) is 11.1 Å². The Morgan fingerprint density at radius 1 is 0.661 bits per heavy atom. The molecule has 7 rings (SSSR count). The van der Waals surface area contributed by atoms with Gasteiger partial charge in [0.1, 0.15) is 18.4 Å². The maximum absolute atomic E-state index is 14.4. The third-order valence-electron chi connectivity index (χ3n) is 9.94. The molecule has 2 aliphatic rings. The second-order valence-corrected chi connectivity index (χ2v) is 14.1. The molecule has 0 aliphatic carbocycles. The fraction of sp³-hybridized carbons (Fsp3) is 0.267. The van der Waals surface area contributed by atoms with E-state index in [-0.39, 0.29) is 50.9 Å². The SMILES string of the molecule is O=C1COc2ccc(cc2)C[C@@H](C(=O)O)CC(=O)[C@H](CCc2ccccc2)NC(=O)[C@@H](Cc2ccc(-c3cccnc3)cc2)NC(=O)[C@H](Cc2cccnc2)C1. The first kappa shape index (κ1) is 39.2. The number of ether oxygens (including phenoxy) is 1. The number of Topliss-reactive ketones (excluding diaryl/α,β-unsaturated/α-hetero) is 2. The number of carbonyl (C=O) groups is 5. The maximum Gasteiger partial charge on any atom is 0.307 e. The van der Waals surface area contributed by atoms with Crippen molar-refractivity contribution in [1.82, 2.24) is 20.6 Å². The molecule has 3 aromatic carbocycles. The molecule has 0 unspecified atom stereocenters. The number of hydrogen-bond acceptors (Lipinski definition) is 8. The number of aryl methyl sites for hydroxylation is 1. The fourth-order valence-corrected chi connectivity index (χ4v) is 6.84. The third kappa shape index (κ3) is 11.3. The molecule has 56 heavy (non-hydrogen) atoms. The highest BCUT2D eigenvalue weighted by molar-refractivity contribution is 5.95. The number of benzene rings is 3. The van der Waals surface area contributed by atoms with Crippen LogP contribution in [0.4, 0.5) is 0 Å². The van der Waals surface area contributed by atoms with Crippen LogP contribution in [-0.4, -0.2) is 63.1 Å². The Hall–Kier alpha value is -6.49. The molecule has 2 bridgehead atoms. The predicted octanol–water partition coefficient (Wildman–Crippen LogP) is 5.40. The van der Waals surface area contributed by atoms with E-state index in [2.05, 4.69) is 20.6 Å². The van der Waals surface area contributed by atoms with E-state index in [1.54, 1.807) is 55.1 Å². The van der Waals surface area contributed by atoms with Gasteiger partial charge >= 0.3 is 5.97 Å². The van der Waals surface area contributed by atoms with Crippen LogP contribution in [0.15, 0.2) is 128 Å². The van der Waals surface area contributed by atoms with Crippen molar-refractivity contribution in [2.75, 3.05) is 6.61 Å². The van der Waals surface area contributed by atoms with Crippen LogP contribution in [0.2, 0.25) is 0 Å². The Balaban J connectivity index is 1.33. The molecule has 286 valence electrons. The molecule has 11 heteroatoms. The number of nitrogens with one attached hydrogen (secondary N) is 2. The quantitative estimate of drug-likeness (QED) is 0.179. The summed E-state index contributed by atoms with van der Waals surface area (Å²) in [5.74, 6) is -4.52. The van der Waals surface area contributed by atoms with Crippen molar-refractivity contribution in [2.45, 2.75) is 57.0 Å². The number of hydrogen-bond donors (Lipinski definition) is 3. The summed E-state index contributed by atoms with van der Waals surface area (Å²) in [5, 5.41) is 16.0. The van der Waals surface area contributed by atoms with E-state index in [4.69, 9.17) is 4.74 Å². The molecule has 0 saturated heterocycles. The first-order valence-electron chi connectivity index (χ1n) is 18.7. The maximum atomic E-state index is 14.4. The van der Waals surface area contributed by atoms with E-state index in [0.717, 1.165) is 27.8 Å². The van der Waals surface area contributed by atoms with Gasteiger partial charge in [-0.2, -0.15) is 0 Å². The summed E-state index contributed by atoms with van der Waals surface area (Å²) in [5.41, 5.74) is 4.94. The smallest absolute Gasteiger partial charge is 0.307 e. The Labute approximate surface area is 325 Å². The minimum atomic E-state index is -1.14. The van der Waals surface area contributed by atoms with E-state index in [9.17, 15) is 29.1 Å². The van der Waals surface area contributed by atoms with Crippen LogP contribution in [-0.2, 0) is 49.7 Å². The number of aromatic nitrogens is 2. The normalized spacial score (nSPS) is 19.8. The van der Waals surface area contributed by atoms with E-state index in [0.29, 0.717) is 17.7 Å². The first-order chi connectivity index (χ1) is 27.2. The standard InChI is InChI=1S/C45H44N4O7/c50-38-25-36(23-33-8-4-20-46-27-33)43(52)49-41(24-32-10-15-34(16-11-32)35-9-5-21-47-28-35)44(53)48-40(19-14-30-6-2-1-3-7-30)42(51)26-37(45(54)55)22-31-12-17-39(18-13-31)56-29-38/h1-13,15-18,20-21,27-28,36-37,40-41H,14,19,22-26,29H2,(H,48,53)(H,49,52)(H,54,55)/t36-,37-,40+,41-/m1/s1. The second-order valence-electron chi connectivity index (χ2n) is 14.1. The monoisotopic (exact) mass is 752 g/mol. The van der Waals surface area contributed by atoms with Gasteiger partial charge in [-0.05, 0) is 83.3 Å². The van der Waals surface area contributed by atoms with Gasteiger partial charge in [-0.1, -0.05) is 78.9 Å². The van der Waals surface area contributed by atoms with Gasteiger partial charge < -0.3 is 20.5 Å². The lowest BCUT2D eigenvalue weighted by Gasteiger charge is -2.26. The lowest BCUT2D eigenvalue weighted by atomic mass is 9.90. The summed E-state index contributed by atoms with van der Waals surface area (Å²) in [6, 6.07) is 28.9.